The van der Waals surface area contributed by atoms with Gasteiger partial charge in [0.2, 0.25) is 0 Å². The van der Waals surface area contributed by atoms with E-state index in [1.807, 2.05) is 0 Å². The van der Waals surface area contributed by atoms with E-state index in [0.717, 1.165) is 22.7 Å². The molecule has 0 fully saturated rings. The molecular formula is C12H8BrClFNO2S. The van der Waals surface area contributed by atoms with Gasteiger partial charge in [0.1, 0.15) is 10.7 Å². The van der Waals surface area contributed by atoms with Crippen LogP contribution in [0.4, 0.5) is 10.1 Å². The molecular weight excluding hydrogens is 357 g/mol. The Kier molecular flexibility index (Phi) is 4.13. The Morgan fingerprint density at radius 1 is 1.16 bits per heavy atom. The van der Waals surface area contributed by atoms with Gasteiger partial charge in [-0.3, -0.25) is 4.72 Å². The highest BCUT2D eigenvalue weighted by Gasteiger charge is 2.18. The summed E-state index contributed by atoms with van der Waals surface area (Å²) < 4.78 is 40.2. The van der Waals surface area contributed by atoms with Crippen LogP contribution in [-0.2, 0) is 10.0 Å². The van der Waals surface area contributed by atoms with Gasteiger partial charge in [0, 0.05) is 10.2 Å². The molecule has 0 saturated heterocycles. The average Bonchev–Trinajstić information content (AvgIpc) is 2.27. The molecule has 3 nitrogen and oxygen atoms in total. The molecule has 0 radical (unpaired) electrons. The summed E-state index contributed by atoms with van der Waals surface area (Å²) in [6.45, 7) is 0. The van der Waals surface area contributed by atoms with Crippen molar-refractivity contribution < 1.29 is 12.8 Å². The highest BCUT2D eigenvalue weighted by atomic mass is 79.9. The summed E-state index contributed by atoms with van der Waals surface area (Å²) in [5, 5.41) is -0.164. The molecule has 0 aliphatic rings. The van der Waals surface area contributed by atoms with E-state index in [-0.39, 0.29) is 9.92 Å². The first-order valence-electron chi connectivity index (χ1n) is 5.12. The minimum absolute atomic E-state index is 0.164. The zero-order chi connectivity index (χ0) is 14.0. The predicted octanol–water partition coefficient (Wildman–Crippen LogP) is 4.04. The molecule has 2 rings (SSSR count). The number of hydrogen-bond donors (Lipinski definition) is 1. The third kappa shape index (κ3) is 3.46. The van der Waals surface area contributed by atoms with Crippen molar-refractivity contribution in [3.05, 3.63) is 57.8 Å². The lowest BCUT2D eigenvalue weighted by molar-refractivity contribution is 0.600. The summed E-state index contributed by atoms with van der Waals surface area (Å²) in [6, 6.07) is 9.78. The van der Waals surface area contributed by atoms with E-state index in [9.17, 15) is 12.8 Å². The SMILES string of the molecule is O=S(=O)(Nc1cccc(Br)c1)c1ccc(F)cc1Cl. The molecule has 1 N–H and O–H groups in total. The maximum Gasteiger partial charge on any atom is 0.263 e. The zero-order valence-corrected chi connectivity index (χ0v) is 12.6. The van der Waals surface area contributed by atoms with Crippen molar-refractivity contribution in [2.45, 2.75) is 4.90 Å². The molecule has 0 saturated carbocycles. The fourth-order valence-electron chi connectivity index (χ4n) is 1.46. The van der Waals surface area contributed by atoms with Crippen LogP contribution in [0, 0.1) is 5.82 Å². The van der Waals surface area contributed by atoms with Crippen molar-refractivity contribution in [1.82, 2.24) is 0 Å². The number of nitrogens with one attached hydrogen (secondary N) is 1. The number of halogens is 3. The Labute approximate surface area is 123 Å². The van der Waals surface area contributed by atoms with E-state index in [0.29, 0.717) is 5.69 Å². The Bertz CT molecular complexity index is 721. The highest BCUT2D eigenvalue weighted by molar-refractivity contribution is 9.10. The summed E-state index contributed by atoms with van der Waals surface area (Å²) in [7, 11) is -3.85. The van der Waals surface area contributed by atoms with Crippen molar-refractivity contribution >= 4 is 43.2 Å². The summed E-state index contributed by atoms with van der Waals surface area (Å²) in [6.07, 6.45) is 0. The van der Waals surface area contributed by atoms with Crippen LogP contribution in [0.1, 0.15) is 0 Å². The first-order chi connectivity index (χ1) is 8.88. The molecule has 7 heteroatoms. The summed E-state index contributed by atoms with van der Waals surface area (Å²) in [5.41, 5.74) is 0.384. The molecule has 0 aliphatic heterocycles. The van der Waals surface area contributed by atoms with Gasteiger partial charge >= 0.3 is 0 Å². The molecule has 0 amide bonds. The van der Waals surface area contributed by atoms with Crippen LogP contribution in [-0.4, -0.2) is 8.42 Å². The maximum atomic E-state index is 12.9. The van der Waals surface area contributed by atoms with Gasteiger partial charge in [0.15, 0.2) is 0 Å². The molecule has 2 aromatic rings. The topological polar surface area (TPSA) is 46.2 Å². The van der Waals surface area contributed by atoms with E-state index < -0.39 is 15.8 Å². The monoisotopic (exact) mass is 363 g/mol. The van der Waals surface area contributed by atoms with Gasteiger partial charge in [-0.2, -0.15) is 0 Å². The normalized spacial score (nSPS) is 11.3. The summed E-state index contributed by atoms with van der Waals surface area (Å²) in [5.74, 6) is -0.591. The number of sulfonamides is 1. The van der Waals surface area contributed by atoms with Crippen molar-refractivity contribution in [3.63, 3.8) is 0 Å². The maximum absolute atomic E-state index is 12.9. The lowest BCUT2D eigenvalue weighted by atomic mass is 10.3. The van der Waals surface area contributed by atoms with Crippen molar-refractivity contribution in [3.8, 4) is 0 Å². The van der Waals surface area contributed by atoms with Gasteiger partial charge < -0.3 is 0 Å². The van der Waals surface area contributed by atoms with E-state index in [1.54, 1.807) is 24.3 Å². The molecule has 19 heavy (non-hydrogen) atoms. The Morgan fingerprint density at radius 2 is 1.89 bits per heavy atom. The van der Waals surface area contributed by atoms with Crippen LogP contribution in [0.3, 0.4) is 0 Å². The molecule has 0 unspecified atom stereocenters. The fourth-order valence-corrected chi connectivity index (χ4v) is 3.44. The summed E-state index contributed by atoms with van der Waals surface area (Å²) >= 11 is 8.98. The largest absolute Gasteiger partial charge is 0.280 e. The van der Waals surface area contributed by atoms with Crippen LogP contribution in [0.2, 0.25) is 5.02 Å². The molecule has 0 atom stereocenters. The van der Waals surface area contributed by atoms with Crippen LogP contribution in [0.25, 0.3) is 0 Å². The predicted molar refractivity (Wildman–Crippen MR) is 76.4 cm³/mol. The number of benzene rings is 2. The van der Waals surface area contributed by atoms with Crippen LogP contribution >= 0.6 is 27.5 Å². The number of hydrogen-bond acceptors (Lipinski definition) is 2. The molecule has 0 spiro atoms. The Balaban J connectivity index is 2.38. The third-order valence-corrected chi connectivity index (χ3v) is 4.62. The van der Waals surface area contributed by atoms with Gasteiger partial charge in [-0.15, -0.1) is 0 Å². The third-order valence-electron chi connectivity index (χ3n) is 2.26. The molecule has 0 aromatic heterocycles. The van der Waals surface area contributed by atoms with Crippen LogP contribution in [0.15, 0.2) is 51.8 Å². The Morgan fingerprint density at radius 3 is 2.53 bits per heavy atom. The lowest BCUT2D eigenvalue weighted by Gasteiger charge is -2.09. The van der Waals surface area contributed by atoms with E-state index in [2.05, 4.69) is 20.7 Å². The first-order valence-corrected chi connectivity index (χ1v) is 7.77. The molecule has 0 heterocycles. The standard InChI is InChI=1S/C12H8BrClFNO2S/c13-8-2-1-3-10(6-8)16-19(17,18)12-5-4-9(15)7-11(12)14/h1-7,16H. The highest BCUT2D eigenvalue weighted by Crippen LogP contribution is 2.25. The van der Waals surface area contributed by atoms with Gasteiger partial charge in [0.25, 0.3) is 10.0 Å². The Hall–Kier alpha value is -1.11. The lowest BCUT2D eigenvalue weighted by Crippen LogP contribution is -2.13. The minimum Gasteiger partial charge on any atom is -0.280 e. The second-order valence-corrected chi connectivity index (χ2v) is 6.66. The van der Waals surface area contributed by atoms with Gasteiger partial charge in [-0.05, 0) is 36.4 Å². The first kappa shape index (κ1) is 14.3. The average molecular weight is 365 g/mol. The molecule has 2 aromatic carbocycles. The molecule has 100 valence electrons. The quantitative estimate of drug-likeness (QED) is 0.893. The van der Waals surface area contributed by atoms with Crippen molar-refractivity contribution in [1.29, 1.82) is 0 Å². The number of rotatable bonds is 3. The van der Waals surface area contributed by atoms with Gasteiger partial charge in [-0.1, -0.05) is 33.6 Å². The molecule has 0 bridgehead atoms. The number of anilines is 1. The second kappa shape index (κ2) is 5.48. The van der Waals surface area contributed by atoms with Gasteiger partial charge in [0.05, 0.1) is 5.02 Å². The van der Waals surface area contributed by atoms with Crippen molar-refractivity contribution in [2.24, 2.45) is 0 Å². The van der Waals surface area contributed by atoms with Crippen LogP contribution < -0.4 is 4.72 Å². The fraction of sp³-hybridized carbons (Fsp3) is 0. The minimum atomic E-state index is -3.85. The van der Waals surface area contributed by atoms with Crippen LogP contribution in [0.5, 0.6) is 0 Å². The van der Waals surface area contributed by atoms with E-state index in [1.165, 1.54) is 0 Å². The van der Waals surface area contributed by atoms with E-state index >= 15 is 0 Å². The molecule has 0 aliphatic carbocycles. The van der Waals surface area contributed by atoms with E-state index in [4.69, 9.17) is 11.6 Å². The second-order valence-electron chi connectivity index (χ2n) is 3.69. The zero-order valence-electron chi connectivity index (χ0n) is 9.40. The smallest absolute Gasteiger partial charge is 0.263 e. The van der Waals surface area contributed by atoms with Gasteiger partial charge in [-0.25, -0.2) is 12.8 Å². The summed E-state index contributed by atoms with van der Waals surface area (Å²) in [4.78, 5) is -0.171. The van der Waals surface area contributed by atoms with Crippen molar-refractivity contribution in [2.75, 3.05) is 4.72 Å².